The molecule has 4 heteroatoms. The van der Waals surface area contributed by atoms with Crippen molar-refractivity contribution < 1.29 is 9.53 Å². The third-order valence-corrected chi connectivity index (χ3v) is 3.82. The molecular formula is C12H24N2O2. The molecule has 1 heterocycles. The first-order valence-electron chi connectivity index (χ1n) is 6.04. The van der Waals surface area contributed by atoms with Crippen molar-refractivity contribution in [2.45, 2.75) is 45.8 Å². The molecule has 1 aliphatic rings. The molecule has 3 unspecified atom stereocenters. The standard InChI is InChI=1S/C12H24N2O2/c1-8(2)12(4,7-13)14-11(15)10-5-6-16-9(10)3/h8-10H,5-7,13H2,1-4H3,(H,14,15). The van der Waals surface area contributed by atoms with Gasteiger partial charge in [0, 0.05) is 13.2 Å². The van der Waals surface area contributed by atoms with Crippen molar-refractivity contribution in [2.75, 3.05) is 13.2 Å². The fraction of sp³-hybridized carbons (Fsp3) is 0.917. The van der Waals surface area contributed by atoms with E-state index in [1.807, 2.05) is 13.8 Å². The molecule has 0 radical (unpaired) electrons. The van der Waals surface area contributed by atoms with E-state index in [0.29, 0.717) is 19.1 Å². The van der Waals surface area contributed by atoms with E-state index < -0.39 is 0 Å². The van der Waals surface area contributed by atoms with Crippen molar-refractivity contribution in [3.05, 3.63) is 0 Å². The van der Waals surface area contributed by atoms with Gasteiger partial charge in [0.15, 0.2) is 0 Å². The van der Waals surface area contributed by atoms with Gasteiger partial charge in [-0.1, -0.05) is 13.8 Å². The lowest BCUT2D eigenvalue weighted by Gasteiger charge is -2.34. The Hall–Kier alpha value is -0.610. The predicted octanol–water partition coefficient (Wildman–Crippen LogP) is 0.901. The Labute approximate surface area is 97.9 Å². The predicted molar refractivity (Wildman–Crippen MR) is 64.0 cm³/mol. The first-order chi connectivity index (χ1) is 7.40. The van der Waals surface area contributed by atoms with Gasteiger partial charge in [-0.25, -0.2) is 0 Å². The fourth-order valence-corrected chi connectivity index (χ4v) is 1.88. The second-order valence-electron chi connectivity index (χ2n) is 5.24. The largest absolute Gasteiger partial charge is 0.378 e. The lowest BCUT2D eigenvalue weighted by molar-refractivity contribution is -0.128. The summed E-state index contributed by atoms with van der Waals surface area (Å²) >= 11 is 0. The maximum Gasteiger partial charge on any atom is 0.226 e. The van der Waals surface area contributed by atoms with Crippen LogP contribution < -0.4 is 11.1 Å². The summed E-state index contributed by atoms with van der Waals surface area (Å²) < 4.78 is 5.40. The molecule has 0 aromatic heterocycles. The number of hydrogen-bond donors (Lipinski definition) is 2. The number of ether oxygens (including phenoxy) is 1. The Kier molecular flexibility index (Phi) is 4.33. The molecule has 0 aliphatic carbocycles. The summed E-state index contributed by atoms with van der Waals surface area (Å²) in [6.07, 6.45) is 0.834. The minimum absolute atomic E-state index is 0.0224. The lowest BCUT2D eigenvalue weighted by atomic mass is 9.87. The average molecular weight is 228 g/mol. The monoisotopic (exact) mass is 228 g/mol. The van der Waals surface area contributed by atoms with Crippen LogP contribution in [0.4, 0.5) is 0 Å². The number of carbonyl (C=O) groups is 1. The summed E-state index contributed by atoms with van der Waals surface area (Å²) in [6, 6.07) is 0. The van der Waals surface area contributed by atoms with E-state index in [1.54, 1.807) is 0 Å². The summed E-state index contributed by atoms with van der Waals surface area (Å²) in [7, 11) is 0. The summed E-state index contributed by atoms with van der Waals surface area (Å²) in [6.45, 7) is 9.23. The molecule has 3 atom stereocenters. The molecular weight excluding hydrogens is 204 g/mol. The highest BCUT2D eigenvalue weighted by atomic mass is 16.5. The van der Waals surface area contributed by atoms with Crippen LogP contribution in [-0.4, -0.2) is 30.7 Å². The van der Waals surface area contributed by atoms with Gasteiger partial charge in [-0.3, -0.25) is 4.79 Å². The van der Waals surface area contributed by atoms with Crippen molar-refractivity contribution >= 4 is 5.91 Å². The molecule has 3 N–H and O–H groups in total. The normalized spacial score (nSPS) is 29.1. The number of rotatable bonds is 4. The van der Waals surface area contributed by atoms with Crippen molar-refractivity contribution in [1.82, 2.24) is 5.32 Å². The van der Waals surface area contributed by atoms with Crippen LogP contribution in [0.5, 0.6) is 0 Å². The maximum atomic E-state index is 12.1. The van der Waals surface area contributed by atoms with Crippen molar-refractivity contribution in [1.29, 1.82) is 0 Å². The van der Waals surface area contributed by atoms with E-state index in [1.165, 1.54) is 0 Å². The van der Waals surface area contributed by atoms with Crippen LogP contribution in [0.1, 0.15) is 34.1 Å². The molecule has 16 heavy (non-hydrogen) atoms. The van der Waals surface area contributed by atoms with E-state index in [9.17, 15) is 4.79 Å². The molecule has 1 rings (SSSR count). The van der Waals surface area contributed by atoms with Crippen LogP contribution in [0.25, 0.3) is 0 Å². The topological polar surface area (TPSA) is 64.3 Å². The molecule has 1 saturated heterocycles. The highest BCUT2D eigenvalue weighted by Gasteiger charge is 2.35. The minimum atomic E-state index is -0.320. The summed E-state index contributed by atoms with van der Waals surface area (Å²) in [5.74, 6) is 0.371. The van der Waals surface area contributed by atoms with Crippen molar-refractivity contribution in [3.8, 4) is 0 Å². The number of nitrogens with two attached hydrogens (primary N) is 1. The smallest absolute Gasteiger partial charge is 0.226 e. The summed E-state index contributed by atoms with van der Waals surface area (Å²) in [4.78, 5) is 12.1. The van der Waals surface area contributed by atoms with Crippen molar-refractivity contribution in [2.24, 2.45) is 17.6 Å². The van der Waals surface area contributed by atoms with Gasteiger partial charge in [-0.2, -0.15) is 0 Å². The van der Waals surface area contributed by atoms with E-state index >= 15 is 0 Å². The van der Waals surface area contributed by atoms with Crippen LogP contribution >= 0.6 is 0 Å². The second kappa shape index (κ2) is 5.15. The molecule has 4 nitrogen and oxygen atoms in total. The molecule has 0 saturated carbocycles. The van der Waals surface area contributed by atoms with Crippen LogP contribution in [0.15, 0.2) is 0 Å². The van der Waals surface area contributed by atoms with E-state index in [4.69, 9.17) is 10.5 Å². The summed E-state index contributed by atoms with van der Waals surface area (Å²) in [5.41, 5.74) is 5.42. The molecule has 1 amide bonds. The van der Waals surface area contributed by atoms with Gasteiger partial charge in [0.05, 0.1) is 17.6 Å². The zero-order valence-corrected chi connectivity index (χ0v) is 10.7. The second-order valence-corrected chi connectivity index (χ2v) is 5.24. The van der Waals surface area contributed by atoms with Crippen LogP contribution in [-0.2, 0) is 9.53 Å². The Morgan fingerprint density at radius 2 is 2.25 bits per heavy atom. The third kappa shape index (κ3) is 2.74. The molecule has 1 fully saturated rings. The molecule has 0 aromatic carbocycles. The Bertz CT molecular complexity index is 255. The first kappa shape index (κ1) is 13.5. The quantitative estimate of drug-likeness (QED) is 0.751. The zero-order valence-electron chi connectivity index (χ0n) is 10.7. The maximum absolute atomic E-state index is 12.1. The van der Waals surface area contributed by atoms with E-state index in [2.05, 4.69) is 19.2 Å². The molecule has 0 spiro atoms. The molecule has 94 valence electrons. The highest BCUT2D eigenvalue weighted by molar-refractivity contribution is 5.80. The third-order valence-electron chi connectivity index (χ3n) is 3.82. The van der Waals surface area contributed by atoms with Gasteiger partial charge in [-0.05, 0) is 26.2 Å². The lowest BCUT2D eigenvalue weighted by Crippen LogP contribution is -2.56. The van der Waals surface area contributed by atoms with Gasteiger partial charge in [0.25, 0.3) is 0 Å². The van der Waals surface area contributed by atoms with Gasteiger partial charge < -0.3 is 15.8 Å². The number of hydrogen-bond acceptors (Lipinski definition) is 3. The van der Waals surface area contributed by atoms with E-state index in [0.717, 1.165) is 6.42 Å². The number of carbonyl (C=O) groups excluding carboxylic acids is 1. The number of amides is 1. The van der Waals surface area contributed by atoms with Gasteiger partial charge in [0.1, 0.15) is 0 Å². The minimum Gasteiger partial charge on any atom is -0.378 e. The molecule has 1 aliphatic heterocycles. The molecule has 0 aromatic rings. The average Bonchev–Trinajstić information content (AvgIpc) is 2.64. The Balaban J connectivity index is 2.62. The Morgan fingerprint density at radius 1 is 1.62 bits per heavy atom. The fourth-order valence-electron chi connectivity index (χ4n) is 1.88. The number of nitrogens with one attached hydrogen (secondary N) is 1. The summed E-state index contributed by atoms with van der Waals surface area (Å²) in [5, 5.41) is 3.07. The van der Waals surface area contributed by atoms with Crippen molar-refractivity contribution in [3.63, 3.8) is 0 Å². The molecule has 0 bridgehead atoms. The zero-order chi connectivity index (χ0) is 12.3. The van der Waals surface area contributed by atoms with Crippen LogP contribution in [0.3, 0.4) is 0 Å². The van der Waals surface area contributed by atoms with Crippen LogP contribution in [0, 0.1) is 11.8 Å². The Morgan fingerprint density at radius 3 is 2.62 bits per heavy atom. The highest BCUT2D eigenvalue weighted by Crippen LogP contribution is 2.23. The van der Waals surface area contributed by atoms with E-state index in [-0.39, 0.29) is 23.5 Å². The van der Waals surface area contributed by atoms with Gasteiger partial charge in [0.2, 0.25) is 5.91 Å². The van der Waals surface area contributed by atoms with Gasteiger partial charge in [-0.15, -0.1) is 0 Å². The SMILES string of the molecule is CC1OCCC1C(=O)NC(C)(CN)C(C)C. The van der Waals surface area contributed by atoms with Gasteiger partial charge >= 0.3 is 0 Å². The van der Waals surface area contributed by atoms with Crippen LogP contribution in [0.2, 0.25) is 0 Å². The first-order valence-corrected chi connectivity index (χ1v) is 6.04.